The van der Waals surface area contributed by atoms with E-state index in [1.54, 1.807) is 21.3 Å². The normalized spacial score (nSPS) is 18.3. The number of amides is 3. The first-order valence-corrected chi connectivity index (χ1v) is 10.6. The van der Waals surface area contributed by atoms with E-state index in [-0.39, 0.29) is 31.1 Å². The molecule has 2 aliphatic heterocycles. The predicted molar refractivity (Wildman–Crippen MR) is 119 cm³/mol. The summed E-state index contributed by atoms with van der Waals surface area (Å²) in [7, 11) is 4.93. The fraction of sp³-hybridized carbons (Fsp3) is 0.571. The van der Waals surface area contributed by atoms with Crippen molar-refractivity contribution in [1.29, 1.82) is 0 Å². The van der Waals surface area contributed by atoms with E-state index in [1.165, 1.54) is 4.90 Å². The van der Waals surface area contributed by atoms with Gasteiger partial charge in [0.25, 0.3) is 0 Å². The summed E-state index contributed by atoms with van der Waals surface area (Å²) in [5.74, 6) is 1.73. The van der Waals surface area contributed by atoms with Gasteiger partial charge in [-0.3, -0.25) is 19.6 Å². The third kappa shape index (κ3) is 5.80. The van der Waals surface area contributed by atoms with Gasteiger partial charge >= 0.3 is 6.03 Å². The maximum atomic E-state index is 11.7. The Balaban J connectivity index is 1.63. The van der Waals surface area contributed by atoms with Gasteiger partial charge in [-0.15, -0.1) is 0 Å². The third-order valence-electron chi connectivity index (χ3n) is 5.53. The lowest BCUT2D eigenvalue weighted by atomic mass is 10.0. The van der Waals surface area contributed by atoms with Gasteiger partial charge in [0, 0.05) is 39.8 Å². The monoisotopic (exact) mass is 448 g/mol. The number of methoxy groups -OCH3 is 2. The molecule has 3 amide bonds. The molecule has 11 nitrogen and oxygen atoms in total. The van der Waals surface area contributed by atoms with Crippen molar-refractivity contribution in [3.8, 4) is 11.5 Å². The number of hydrogen-bond acceptors (Lipinski definition) is 7. The Morgan fingerprint density at radius 3 is 2.56 bits per heavy atom. The number of carbonyl (C=O) groups excluding carboxylic acids is 2. The van der Waals surface area contributed by atoms with Crippen LogP contribution in [0.4, 0.5) is 4.79 Å². The Bertz CT molecular complexity index is 811. The molecule has 2 heterocycles. The van der Waals surface area contributed by atoms with Crippen LogP contribution in [0.25, 0.3) is 0 Å². The molecule has 2 saturated heterocycles. The van der Waals surface area contributed by atoms with E-state index >= 15 is 0 Å². The second-order valence-electron chi connectivity index (χ2n) is 7.36. The number of hydrogen-bond donors (Lipinski definition) is 3. The fourth-order valence-electron chi connectivity index (χ4n) is 3.79. The van der Waals surface area contributed by atoms with Crippen LogP contribution in [-0.2, 0) is 9.53 Å². The molecule has 2 fully saturated rings. The number of nitrogens with one attached hydrogen (secondary N) is 3. The van der Waals surface area contributed by atoms with Crippen LogP contribution < -0.4 is 25.4 Å². The number of morpholine rings is 1. The van der Waals surface area contributed by atoms with E-state index in [1.807, 2.05) is 18.2 Å². The first kappa shape index (κ1) is 23.6. The zero-order chi connectivity index (χ0) is 22.9. The molecule has 11 heteroatoms. The molecule has 3 N–H and O–H groups in total. The van der Waals surface area contributed by atoms with Crippen LogP contribution in [0, 0.1) is 0 Å². The minimum atomic E-state index is -0.361. The molecule has 0 bridgehead atoms. The van der Waals surface area contributed by atoms with Gasteiger partial charge in [0.15, 0.2) is 17.5 Å². The highest BCUT2D eigenvalue weighted by Crippen LogP contribution is 2.32. The molecule has 176 valence electrons. The quantitative estimate of drug-likeness (QED) is 0.270. The van der Waals surface area contributed by atoms with Crippen LogP contribution in [-0.4, -0.2) is 101 Å². The van der Waals surface area contributed by atoms with Crippen molar-refractivity contribution in [1.82, 2.24) is 25.8 Å². The lowest BCUT2D eigenvalue weighted by molar-refractivity contribution is -0.124. The molecule has 0 aromatic heterocycles. The Morgan fingerprint density at radius 1 is 1.19 bits per heavy atom. The van der Waals surface area contributed by atoms with Gasteiger partial charge in [-0.1, -0.05) is 6.07 Å². The van der Waals surface area contributed by atoms with E-state index in [9.17, 15) is 9.59 Å². The van der Waals surface area contributed by atoms with Gasteiger partial charge < -0.3 is 30.2 Å². The molecule has 0 spiro atoms. The SMILES string of the molecule is CN=C(NCCN1C(=O)CNC1=O)NCC(c1ccc(OC)c(OC)c1)N1CCOCC1. The summed E-state index contributed by atoms with van der Waals surface area (Å²) in [5.41, 5.74) is 1.09. The predicted octanol–water partition coefficient (Wildman–Crippen LogP) is -0.206. The number of nitrogens with zero attached hydrogens (tertiary/aromatic N) is 3. The first-order valence-electron chi connectivity index (χ1n) is 10.6. The van der Waals surface area contributed by atoms with E-state index in [0.29, 0.717) is 43.8 Å². The topological polar surface area (TPSA) is 117 Å². The lowest BCUT2D eigenvalue weighted by Crippen LogP contribution is -2.47. The highest BCUT2D eigenvalue weighted by Gasteiger charge is 2.28. The maximum absolute atomic E-state index is 11.7. The Kier molecular flexibility index (Phi) is 8.51. The smallest absolute Gasteiger partial charge is 0.324 e. The molecule has 0 saturated carbocycles. The molecule has 1 aromatic carbocycles. The summed E-state index contributed by atoms with van der Waals surface area (Å²) in [5, 5.41) is 9.04. The number of carbonyl (C=O) groups is 2. The van der Waals surface area contributed by atoms with Gasteiger partial charge in [0.1, 0.15) is 0 Å². The summed E-state index contributed by atoms with van der Waals surface area (Å²) in [4.78, 5) is 31.2. The van der Waals surface area contributed by atoms with Crippen molar-refractivity contribution in [3.05, 3.63) is 23.8 Å². The zero-order valence-electron chi connectivity index (χ0n) is 18.8. The molecule has 32 heavy (non-hydrogen) atoms. The minimum absolute atomic E-state index is 0.0539. The van der Waals surface area contributed by atoms with Gasteiger partial charge in [0.05, 0.1) is 40.0 Å². The lowest BCUT2D eigenvalue weighted by Gasteiger charge is -2.35. The van der Waals surface area contributed by atoms with E-state index in [4.69, 9.17) is 14.2 Å². The number of ether oxygens (including phenoxy) is 3. The Morgan fingerprint density at radius 2 is 1.94 bits per heavy atom. The number of rotatable bonds is 9. The molecule has 2 aliphatic rings. The van der Waals surface area contributed by atoms with Crippen molar-refractivity contribution in [2.45, 2.75) is 6.04 Å². The van der Waals surface area contributed by atoms with Gasteiger partial charge in [-0.25, -0.2) is 4.79 Å². The van der Waals surface area contributed by atoms with Crippen LogP contribution in [0.3, 0.4) is 0 Å². The molecule has 1 aromatic rings. The van der Waals surface area contributed by atoms with Crippen molar-refractivity contribution in [3.63, 3.8) is 0 Å². The summed E-state index contributed by atoms with van der Waals surface area (Å²) >= 11 is 0. The molecule has 1 atom stereocenters. The van der Waals surface area contributed by atoms with Crippen LogP contribution in [0.15, 0.2) is 23.2 Å². The average molecular weight is 449 g/mol. The number of urea groups is 1. The van der Waals surface area contributed by atoms with Gasteiger partial charge in [-0.2, -0.15) is 0 Å². The van der Waals surface area contributed by atoms with E-state index < -0.39 is 0 Å². The summed E-state index contributed by atoms with van der Waals surface area (Å²) < 4.78 is 16.4. The average Bonchev–Trinajstić information content (AvgIpc) is 3.15. The Hall–Kier alpha value is -3.05. The van der Waals surface area contributed by atoms with Crippen molar-refractivity contribution < 1.29 is 23.8 Å². The summed E-state index contributed by atoms with van der Waals surface area (Å²) in [6, 6.07) is 5.64. The molecular weight excluding hydrogens is 416 g/mol. The number of guanidine groups is 1. The van der Waals surface area contributed by atoms with Crippen LogP contribution in [0.1, 0.15) is 11.6 Å². The van der Waals surface area contributed by atoms with Crippen LogP contribution in [0.2, 0.25) is 0 Å². The second kappa shape index (κ2) is 11.5. The zero-order valence-corrected chi connectivity index (χ0v) is 18.8. The summed E-state index contributed by atoms with van der Waals surface area (Å²) in [6.45, 7) is 4.32. The Labute approximate surface area is 188 Å². The summed E-state index contributed by atoms with van der Waals surface area (Å²) in [6.07, 6.45) is 0. The van der Waals surface area contributed by atoms with E-state index in [0.717, 1.165) is 18.7 Å². The standard InChI is InChI=1S/C21H32N6O5/c1-22-20(23-6-7-27-19(28)14-25-21(27)29)24-13-16(26-8-10-32-11-9-26)15-4-5-17(30-2)18(12-15)31-3/h4-5,12,16H,6-11,13-14H2,1-3H3,(H,25,29)(H2,22,23,24). The fourth-order valence-corrected chi connectivity index (χ4v) is 3.79. The van der Waals surface area contributed by atoms with Crippen molar-refractivity contribution in [2.24, 2.45) is 4.99 Å². The minimum Gasteiger partial charge on any atom is -0.493 e. The highest BCUT2D eigenvalue weighted by atomic mass is 16.5. The maximum Gasteiger partial charge on any atom is 0.324 e. The molecule has 3 rings (SSSR count). The molecule has 0 radical (unpaired) electrons. The van der Waals surface area contributed by atoms with Gasteiger partial charge in [-0.05, 0) is 17.7 Å². The largest absolute Gasteiger partial charge is 0.493 e. The van der Waals surface area contributed by atoms with Crippen LogP contribution in [0.5, 0.6) is 11.5 Å². The second-order valence-corrected chi connectivity index (χ2v) is 7.36. The number of benzene rings is 1. The van der Waals surface area contributed by atoms with Crippen molar-refractivity contribution >= 4 is 17.9 Å². The highest BCUT2D eigenvalue weighted by molar-refractivity contribution is 6.01. The van der Waals surface area contributed by atoms with Gasteiger partial charge in [0.2, 0.25) is 5.91 Å². The number of aliphatic imine (C=N–C) groups is 1. The third-order valence-corrected chi connectivity index (χ3v) is 5.53. The first-order chi connectivity index (χ1) is 15.6. The molecular formula is C21H32N6O5. The van der Waals surface area contributed by atoms with Crippen LogP contribution >= 0.6 is 0 Å². The molecule has 0 aliphatic carbocycles. The van der Waals surface area contributed by atoms with Crippen molar-refractivity contribution in [2.75, 3.05) is 73.7 Å². The van der Waals surface area contributed by atoms with E-state index in [2.05, 4.69) is 25.8 Å². The molecule has 1 unspecified atom stereocenters. The number of imide groups is 1.